The molecule has 0 amide bonds. The van der Waals surface area contributed by atoms with Gasteiger partial charge >= 0.3 is 0 Å². The Kier molecular flexibility index (Phi) is 3.35. The maximum Gasteiger partial charge on any atom is 0.134 e. The van der Waals surface area contributed by atoms with Gasteiger partial charge < -0.3 is 9.73 Å². The second kappa shape index (κ2) is 5.12. The fraction of sp³-hybridized carbons (Fsp3) is 0.467. The van der Waals surface area contributed by atoms with E-state index >= 15 is 0 Å². The molecular weight excluding hydrogens is 224 g/mol. The molecule has 1 unspecified atom stereocenters. The molecule has 1 aliphatic heterocycles. The Morgan fingerprint density at radius 3 is 2.89 bits per heavy atom. The number of rotatable bonds is 3. The van der Waals surface area contributed by atoms with E-state index in [0.717, 1.165) is 38.2 Å². The highest BCUT2D eigenvalue weighted by Gasteiger charge is 2.18. The molecule has 1 atom stereocenters. The summed E-state index contributed by atoms with van der Waals surface area (Å²) in [5, 5.41) is 4.66. The van der Waals surface area contributed by atoms with Gasteiger partial charge in [0.1, 0.15) is 5.58 Å². The minimum Gasteiger partial charge on any atom is -0.464 e. The van der Waals surface area contributed by atoms with Gasteiger partial charge in [-0.25, -0.2) is 0 Å². The third kappa shape index (κ3) is 2.28. The van der Waals surface area contributed by atoms with Crippen molar-refractivity contribution in [3.63, 3.8) is 0 Å². The van der Waals surface area contributed by atoms with Crippen LogP contribution in [0.3, 0.4) is 0 Å². The molecule has 0 spiro atoms. The van der Waals surface area contributed by atoms with E-state index in [-0.39, 0.29) is 0 Å². The summed E-state index contributed by atoms with van der Waals surface area (Å²) in [6.07, 6.45) is 2.99. The summed E-state index contributed by atoms with van der Waals surface area (Å²) in [5.74, 6) is 0. The number of furan rings is 1. The number of benzene rings is 1. The van der Waals surface area contributed by atoms with Crippen LogP contribution in [-0.4, -0.2) is 37.1 Å². The lowest BCUT2D eigenvalue weighted by molar-refractivity contribution is 0.183. The van der Waals surface area contributed by atoms with Crippen molar-refractivity contribution in [3.05, 3.63) is 36.1 Å². The van der Waals surface area contributed by atoms with Crippen LogP contribution in [0.2, 0.25) is 0 Å². The van der Waals surface area contributed by atoms with E-state index in [4.69, 9.17) is 4.42 Å². The summed E-state index contributed by atoms with van der Waals surface area (Å²) >= 11 is 0. The summed E-state index contributed by atoms with van der Waals surface area (Å²) in [5.41, 5.74) is 2.33. The van der Waals surface area contributed by atoms with E-state index < -0.39 is 0 Å². The molecule has 3 heteroatoms. The molecule has 96 valence electrons. The van der Waals surface area contributed by atoms with Crippen molar-refractivity contribution < 1.29 is 4.42 Å². The van der Waals surface area contributed by atoms with Crippen LogP contribution >= 0.6 is 0 Å². The van der Waals surface area contributed by atoms with Gasteiger partial charge in [-0.3, -0.25) is 4.90 Å². The van der Waals surface area contributed by atoms with Crippen LogP contribution in [0.5, 0.6) is 0 Å². The Labute approximate surface area is 108 Å². The molecule has 3 rings (SSSR count). The van der Waals surface area contributed by atoms with E-state index in [0.29, 0.717) is 6.04 Å². The molecule has 2 aromatic rings. The maximum atomic E-state index is 5.61. The largest absolute Gasteiger partial charge is 0.464 e. The minimum absolute atomic E-state index is 0.577. The zero-order valence-electron chi connectivity index (χ0n) is 10.9. The summed E-state index contributed by atoms with van der Waals surface area (Å²) in [4.78, 5) is 2.55. The lowest BCUT2D eigenvalue weighted by Crippen LogP contribution is -2.48. The van der Waals surface area contributed by atoms with Crippen LogP contribution in [-0.2, 0) is 6.42 Å². The van der Waals surface area contributed by atoms with Crippen LogP contribution in [0.15, 0.2) is 34.9 Å². The lowest BCUT2D eigenvalue weighted by atomic mass is 10.0. The fourth-order valence-corrected chi connectivity index (χ4v) is 2.76. The van der Waals surface area contributed by atoms with E-state index in [1.54, 1.807) is 0 Å². The van der Waals surface area contributed by atoms with E-state index in [1.807, 2.05) is 18.4 Å². The zero-order valence-corrected chi connectivity index (χ0v) is 10.9. The molecule has 3 nitrogen and oxygen atoms in total. The van der Waals surface area contributed by atoms with Crippen molar-refractivity contribution in [2.24, 2.45) is 0 Å². The summed E-state index contributed by atoms with van der Waals surface area (Å²) in [6.45, 7) is 6.83. The van der Waals surface area contributed by atoms with Gasteiger partial charge in [0, 0.05) is 37.6 Å². The van der Waals surface area contributed by atoms with Gasteiger partial charge in [0.05, 0.1) is 6.26 Å². The monoisotopic (exact) mass is 244 g/mol. The van der Waals surface area contributed by atoms with Gasteiger partial charge in [0.15, 0.2) is 0 Å². The molecule has 1 N–H and O–H groups in total. The average molecular weight is 244 g/mol. The highest BCUT2D eigenvalue weighted by molar-refractivity contribution is 5.80. The average Bonchev–Trinajstić information content (AvgIpc) is 2.83. The molecule has 1 fully saturated rings. The van der Waals surface area contributed by atoms with Crippen LogP contribution in [0.25, 0.3) is 11.0 Å². The molecule has 18 heavy (non-hydrogen) atoms. The molecule has 1 aliphatic rings. The Bertz CT molecular complexity index is 514. The van der Waals surface area contributed by atoms with Crippen molar-refractivity contribution in [1.82, 2.24) is 10.2 Å². The van der Waals surface area contributed by atoms with Gasteiger partial charge in [0.25, 0.3) is 0 Å². The third-order valence-electron chi connectivity index (χ3n) is 3.85. The van der Waals surface area contributed by atoms with Crippen molar-refractivity contribution in [2.75, 3.05) is 26.2 Å². The number of fused-ring (bicyclic) bond motifs is 1. The first kappa shape index (κ1) is 11.8. The number of nitrogens with one attached hydrogen (secondary N) is 1. The van der Waals surface area contributed by atoms with Gasteiger partial charge in [-0.1, -0.05) is 18.2 Å². The first-order valence-electron chi connectivity index (χ1n) is 6.74. The van der Waals surface area contributed by atoms with Crippen LogP contribution in [0.1, 0.15) is 12.5 Å². The molecule has 0 bridgehead atoms. The van der Waals surface area contributed by atoms with E-state index in [1.165, 1.54) is 10.9 Å². The molecule has 1 aromatic heterocycles. The van der Waals surface area contributed by atoms with Crippen LogP contribution in [0, 0.1) is 0 Å². The second-order valence-electron chi connectivity index (χ2n) is 5.10. The Hall–Kier alpha value is -1.32. The fourth-order valence-electron chi connectivity index (χ4n) is 2.76. The van der Waals surface area contributed by atoms with Gasteiger partial charge in [-0.05, 0) is 25.0 Å². The lowest BCUT2D eigenvalue weighted by Gasteiger charge is -2.32. The van der Waals surface area contributed by atoms with Crippen LogP contribution < -0.4 is 5.32 Å². The summed E-state index contributed by atoms with van der Waals surface area (Å²) in [6, 6.07) is 8.87. The Balaban J connectivity index is 1.75. The van der Waals surface area contributed by atoms with Gasteiger partial charge in [-0.2, -0.15) is 0 Å². The predicted octanol–water partition coefficient (Wildman–Crippen LogP) is 2.27. The minimum atomic E-state index is 0.577. The number of piperazine rings is 1. The first-order chi connectivity index (χ1) is 8.84. The second-order valence-corrected chi connectivity index (χ2v) is 5.10. The van der Waals surface area contributed by atoms with Crippen molar-refractivity contribution in [3.8, 4) is 0 Å². The summed E-state index contributed by atoms with van der Waals surface area (Å²) < 4.78 is 5.61. The molecule has 0 aliphatic carbocycles. The SMILES string of the molecule is CC(Cc1coc2ccccc12)N1CCNCC1. The predicted molar refractivity (Wildman–Crippen MR) is 73.8 cm³/mol. The standard InChI is InChI=1S/C15H20N2O/c1-12(17-8-6-16-7-9-17)10-13-11-18-15-5-3-2-4-14(13)15/h2-5,11-12,16H,6-10H2,1H3. The molecule has 0 radical (unpaired) electrons. The highest BCUT2D eigenvalue weighted by atomic mass is 16.3. The Morgan fingerprint density at radius 1 is 1.28 bits per heavy atom. The molecule has 1 saturated heterocycles. The smallest absolute Gasteiger partial charge is 0.134 e. The number of hydrogen-bond donors (Lipinski definition) is 1. The third-order valence-corrected chi connectivity index (χ3v) is 3.85. The van der Waals surface area contributed by atoms with Crippen molar-refractivity contribution in [1.29, 1.82) is 0 Å². The molecule has 2 heterocycles. The topological polar surface area (TPSA) is 28.4 Å². The molecule has 1 aromatic carbocycles. The number of hydrogen-bond acceptors (Lipinski definition) is 3. The summed E-state index contributed by atoms with van der Waals surface area (Å²) in [7, 11) is 0. The quantitative estimate of drug-likeness (QED) is 0.898. The maximum absolute atomic E-state index is 5.61. The normalized spacial score (nSPS) is 19.2. The number of para-hydroxylation sites is 1. The zero-order chi connectivity index (χ0) is 12.4. The number of nitrogens with zero attached hydrogens (tertiary/aromatic N) is 1. The first-order valence-corrected chi connectivity index (χ1v) is 6.74. The van der Waals surface area contributed by atoms with Crippen LogP contribution in [0.4, 0.5) is 0 Å². The highest BCUT2D eigenvalue weighted by Crippen LogP contribution is 2.22. The van der Waals surface area contributed by atoms with Gasteiger partial charge in [-0.15, -0.1) is 0 Å². The molecular formula is C15H20N2O. The Morgan fingerprint density at radius 2 is 2.06 bits per heavy atom. The van der Waals surface area contributed by atoms with E-state index in [2.05, 4.69) is 29.3 Å². The molecule has 0 saturated carbocycles. The van der Waals surface area contributed by atoms with Crippen molar-refractivity contribution >= 4 is 11.0 Å². The van der Waals surface area contributed by atoms with Gasteiger partial charge in [0.2, 0.25) is 0 Å². The van der Waals surface area contributed by atoms with E-state index in [9.17, 15) is 0 Å². The van der Waals surface area contributed by atoms with Crippen molar-refractivity contribution in [2.45, 2.75) is 19.4 Å².